The third-order valence-corrected chi connectivity index (χ3v) is 5.47. The summed E-state index contributed by atoms with van der Waals surface area (Å²) in [6.07, 6.45) is 1.36. The van der Waals surface area contributed by atoms with Crippen LogP contribution in [0.4, 0.5) is 0 Å². The zero-order chi connectivity index (χ0) is 15.2. The summed E-state index contributed by atoms with van der Waals surface area (Å²) in [6.45, 7) is -0.182. The van der Waals surface area contributed by atoms with Gasteiger partial charge in [-0.3, -0.25) is 4.79 Å². The number of benzene rings is 1. The van der Waals surface area contributed by atoms with E-state index in [0.29, 0.717) is 5.56 Å². The molecule has 0 spiro atoms. The SMILES string of the molecule is O=C1c2ccccc2S(=O)(=O)N1Cc1cnc(Cl)cc1Cl. The number of nitrogens with zero attached hydrogens (tertiary/aromatic N) is 2. The maximum atomic E-state index is 12.4. The van der Waals surface area contributed by atoms with Crippen LogP contribution in [0.1, 0.15) is 15.9 Å². The summed E-state index contributed by atoms with van der Waals surface area (Å²) in [7, 11) is -3.86. The number of carbonyl (C=O) groups excluding carboxylic acids is 1. The molecule has 0 atom stereocenters. The van der Waals surface area contributed by atoms with Gasteiger partial charge in [-0.15, -0.1) is 0 Å². The van der Waals surface area contributed by atoms with Crippen LogP contribution in [-0.4, -0.2) is 23.6 Å². The van der Waals surface area contributed by atoms with Gasteiger partial charge in [-0.2, -0.15) is 0 Å². The fourth-order valence-corrected chi connectivity index (χ4v) is 4.07. The average Bonchev–Trinajstić information content (AvgIpc) is 2.63. The molecule has 108 valence electrons. The van der Waals surface area contributed by atoms with Crippen molar-refractivity contribution in [1.82, 2.24) is 9.29 Å². The Morgan fingerprint density at radius 3 is 2.57 bits per heavy atom. The van der Waals surface area contributed by atoms with Crippen molar-refractivity contribution in [2.75, 3.05) is 0 Å². The number of halogens is 2. The fourth-order valence-electron chi connectivity index (χ4n) is 2.09. The number of sulfonamides is 1. The van der Waals surface area contributed by atoms with Crippen LogP contribution < -0.4 is 0 Å². The van der Waals surface area contributed by atoms with Crippen LogP contribution >= 0.6 is 23.2 Å². The second-order valence-electron chi connectivity index (χ2n) is 4.41. The summed E-state index contributed by atoms with van der Waals surface area (Å²) in [5.41, 5.74) is 0.571. The summed E-state index contributed by atoms with van der Waals surface area (Å²) < 4.78 is 25.6. The summed E-state index contributed by atoms with van der Waals surface area (Å²) >= 11 is 11.7. The lowest BCUT2D eigenvalue weighted by atomic mass is 10.2. The van der Waals surface area contributed by atoms with Gasteiger partial charge in [0, 0.05) is 11.8 Å². The standard InChI is InChI=1S/C13H8Cl2N2O3S/c14-10-5-12(15)16-6-8(10)7-17-13(18)9-3-1-2-4-11(9)21(17,19)20/h1-6H,7H2. The normalized spacial score (nSPS) is 16.1. The Hall–Kier alpha value is -1.63. The predicted molar refractivity (Wildman–Crippen MR) is 77.8 cm³/mol. The van der Waals surface area contributed by atoms with Crippen LogP contribution in [0.3, 0.4) is 0 Å². The number of aromatic nitrogens is 1. The molecule has 1 aliphatic rings. The van der Waals surface area contributed by atoms with E-state index in [1.807, 2.05) is 0 Å². The topological polar surface area (TPSA) is 67.3 Å². The van der Waals surface area contributed by atoms with Crippen LogP contribution in [0, 0.1) is 0 Å². The van der Waals surface area contributed by atoms with Gasteiger partial charge in [-0.05, 0) is 18.2 Å². The fraction of sp³-hybridized carbons (Fsp3) is 0.0769. The lowest BCUT2D eigenvalue weighted by Crippen LogP contribution is -2.29. The summed E-state index contributed by atoms with van der Waals surface area (Å²) in [4.78, 5) is 16.1. The molecular formula is C13H8Cl2N2O3S. The molecule has 1 amide bonds. The van der Waals surface area contributed by atoms with Crippen molar-refractivity contribution in [1.29, 1.82) is 0 Å². The molecule has 1 aromatic heterocycles. The van der Waals surface area contributed by atoms with Gasteiger partial charge in [-0.1, -0.05) is 35.3 Å². The van der Waals surface area contributed by atoms with Gasteiger partial charge < -0.3 is 0 Å². The van der Waals surface area contributed by atoms with E-state index in [1.54, 1.807) is 12.1 Å². The lowest BCUT2D eigenvalue weighted by Gasteiger charge is -2.15. The molecule has 3 rings (SSSR count). The number of rotatable bonds is 2. The molecule has 0 saturated heterocycles. The minimum absolute atomic E-state index is 0.00745. The highest BCUT2D eigenvalue weighted by Crippen LogP contribution is 2.32. The van der Waals surface area contributed by atoms with Crippen molar-refractivity contribution in [3.8, 4) is 0 Å². The molecule has 0 saturated carbocycles. The van der Waals surface area contributed by atoms with Gasteiger partial charge in [0.15, 0.2) is 0 Å². The molecule has 0 N–H and O–H groups in total. The first-order chi connectivity index (χ1) is 9.91. The molecule has 0 bridgehead atoms. The smallest absolute Gasteiger partial charge is 0.268 e. The van der Waals surface area contributed by atoms with Gasteiger partial charge in [0.1, 0.15) is 10.0 Å². The maximum absolute atomic E-state index is 12.4. The van der Waals surface area contributed by atoms with Gasteiger partial charge in [-0.25, -0.2) is 17.7 Å². The van der Waals surface area contributed by atoms with Crippen LogP contribution in [0.5, 0.6) is 0 Å². The molecule has 0 aliphatic carbocycles. The van der Waals surface area contributed by atoms with E-state index in [4.69, 9.17) is 23.2 Å². The molecule has 0 fully saturated rings. The minimum Gasteiger partial charge on any atom is -0.268 e. The van der Waals surface area contributed by atoms with E-state index >= 15 is 0 Å². The maximum Gasteiger partial charge on any atom is 0.269 e. The minimum atomic E-state index is -3.86. The van der Waals surface area contributed by atoms with E-state index in [1.165, 1.54) is 24.4 Å². The molecule has 0 unspecified atom stereocenters. The van der Waals surface area contributed by atoms with Crippen molar-refractivity contribution in [2.45, 2.75) is 11.4 Å². The van der Waals surface area contributed by atoms with Crippen molar-refractivity contribution < 1.29 is 13.2 Å². The van der Waals surface area contributed by atoms with Crippen molar-refractivity contribution in [2.24, 2.45) is 0 Å². The van der Waals surface area contributed by atoms with Gasteiger partial charge >= 0.3 is 0 Å². The number of carbonyl (C=O) groups is 1. The number of hydrogen-bond acceptors (Lipinski definition) is 4. The molecular weight excluding hydrogens is 335 g/mol. The Kier molecular flexibility index (Phi) is 3.39. The van der Waals surface area contributed by atoms with Crippen LogP contribution in [0.15, 0.2) is 41.4 Å². The summed E-state index contributed by atoms with van der Waals surface area (Å²) in [5, 5.41) is 0.455. The van der Waals surface area contributed by atoms with Crippen molar-refractivity contribution in [3.63, 3.8) is 0 Å². The average molecular weight is 343 g/mol. The zero-order valence-corrected chi connectivity index (χ0v) is 12.8. The zero-order valence-electron chi connectivity index (χ0n) is 10.5. The first-order valence-electron chi connectivity index (χ1n) is 5.87. The monoisotopic (exact) mass is 342 g/mol. The van der Waals surface area contributed by atoms with Crippen LogP contribution in [0.2, 0.25) is 10.2 Å². The Morgan fingerprint density at radius 2 is 1.90 bits per heavy atom. The highest BCUT2D eigenvalue weighted by molar-refractivity contribution is 7.90. The Labute approximate surface area is 131 Å². The van der Waals surface area contributed by atoms with Crippen LogP contribution in [-0.2, 0) is 16.6 Å². The predicted octanol–water partition coefficient (Wildman–Crippen LogP) is 2.73. The second kappa shape index (κ2) is 4.98. The second-order valence-corrected chi connectivity index (χ2v) is 7.04. The lowest BCUT2D eigenvalue weighted by molar-refractivity contribution is 0.0865. The van der Waals surface area contributed by atoms with E-state index < -0.39 is 15.9 Å². The summed E-state index contributed by atoms with van der Waals surface area (Å²) in [5.74, 6) is -0.573. The van der Waals surface area contributed by atoms with Crippen molar-refractivity contribution in [3.05, 3.63) is 57.8 Å². The molecule has 2 heterocycles. The number of amides is 1. The quantitative estimate of drug-likeness (QED) is 0.787. The van der Waals surface area contributed by atoms with E-state index in [2.05, 4.69) is 4.98 Å². The third kappa shape index (κ3) is 2.29. The van der Waals surface area contributed by atoms with E-state index in [9.17, 15) is 13.2 Å². The highest BCUT2D eigenvalue weighted by atomic mass is 35.5. The Bertz CT molecular complexity index is 852. The molecule has 2 aromatic rings. The molecule has 21 heavy (non-hydrogen) atoms. The van der Waals surface area contributed by atoms with Gasteiger partial charge in [0.05, 0.1) is 17.1 Å². The number of fused-ring (bicyclic) bond motifs is 1. The Morgan fingerprint density at radius 1 is 1.19 bits per heavy atom. The molecule has 1 aromatic carbocycles. The van der Waals surface area contributed by atoms with E-state index in [-0.39, 0.29) is 27.2 Å². The van der Waals surface area contributed by atoms with E-state index in [0.717, 1.165) is 4.31 Å². The molecule has 8 heteroatoms. The van der Waals surface area contributed by atoms with Gasteiger partial charge in [0.2, 0.25) is 0 Å². The molecule has 5 nitrogen and oxygen atoms in total. The van der Waals surface area contributed by atoms with Gasteiger partial charge in [0.25, 0.3) is 15.9 Å². The first kappa shape index (κ1) is 14.3. The van der Waals surface area contributed by atoms with Crippen LogP contribution in [0.25, 0.3) is 0 Å². The number of hydrogen-bond donors (Lipinski definition) is 0. The van der Waals surface area contributed by atoms with Crippen molar-refractivity contribution >= 4 is 39.1 Å². The largest absolute Gasteiger partial charge is 0.269 e. The Balaban J connectivity index is 2.03. The third-order valence-electron chi connectivity index (χ3n) is 3.12. The first-order valence-corrected chi connectivity index (χ1v) is 8.07. The molecule has 1 aliphatic heterocycles. The highest BCUT2D eigenvalue weighted by Gasteiger charge is 2.40. The number of pyridine rings is 1. The summed E-state index contributed by atoms with van der Waals surface area (Å²) in [6, 6.07) is 7.48. The molecule has 0 radical (unpaired) electrons.